The van der Waals surface area contributed by atoms with Crippen LogP contribution in [0.4, 0.5) is 5.69 Å². The maximum absolute atomic E-state index is 5.25. The predicted octanol–water partition coefficient (Wildman–Crippen LogP) is 4.15. The quantitative estimate of drug-likeness (QED) is 0.579. The molecule has 0 spiro atoms. The third-order valence-corrected chi connectivity index (χ3v) is 2.89. The van der Waals surface area contributed by atoms with E-state index in [4.69, 9.17) is 16.6 Å². The number of hydrogen-bond donors (Lipinski definition) is 1. The summed E-state index contributed by atoms with van der Waals surface area (Å²) in [4.78, 5) is 4.68. The van der Waals surface area contributed by atoms with Crippen molar-refractivity contribution in [3.8, 4) is 11.5 Å². The van der Waals surface area contributed by atoms with Gasteiger partial charge in [0.05, 0.1) is 5.69 Å². The summed E-state index contributed by atoms with van der Waals surface area (Å²) in [6.07, 6.45) is 1.83. The van der Waals surface area contributed by atoms with E-state index in [1.807, 2.05) is 60.8 Å². The Morgan fingerprint density at radius 2 is 1.80 bits per heavy atom. The highest BCUT2D eigenvalue weighted by atomic mass is 32.1. The van der Waals surface area contributed by atoms with Crippen molar-refractivity contribution in [2.75, 3.05) is 0 Å². The molecular formula is C15H11N3OS. The third-order valence-electron chi connectivity index (χ3n) is 2.71. The fraction of sp³-hybridized carbons (Fsp3) is 0. The van der Waals surface area contributed by atoms with Gasteiger partial charge in [0.2, 0.25) is 5.89 Å². The van der Waals surface area contributed by atoms with Crippen LogP contribution in [0.1, 0.15) is 5.56 Å². The maximum atomic E-state index is 5.25. The fourth-order valence-corrected chi connectivity index (χ4v) is 1.86. The molecule has 0 aliphatic rings. The van der Waals surface area contributed by atoms with Gasteiger partial charge in [0.1, 0.15) is 0 Å². The van der Waals surface area contributed by atoms with Gasteiger partial charge in [0.25, 0.3) is 4.84 Å². The lowest BCUT2D eigenvalue weighted by Crippen LogP contribution is -1.79. The summed E-state index contributed by atoms with van der Waals surface area (Å²) in [6, 6.07) is 17.6. The Morgan fingerprint density at radius 3 is 2.45 bits per heavy atom. The van der Waals surface area contributed by atoms with Crippen LogP contribution in [0.25, 0.3) is 11.5 Å². The topological polar surface area (TPSA) is 54.2 Å². The molecule has 1 heterocycles. The minimum Gasteiger partial charge on any atom is -0.409 e. The summed E-state index contributed by atoms with van der Waals surface area (Å²) < 4.78 is 5.25. The number of H-pyrrole nitrogens is 1. The third kappa shape index (κ3) is 2.89. The highest BCUT2D eigenvalue weighted by molar-refractivity contribution is 7.71. The molecule has 4 nitrogen and oxygen atoms in total. The second-order valence-electron chi connectivity index (χ2n) is 4.13. The van der Waals surface area contributed by atoms with Crippen molar-refractivity contribution in [2.24, 2.45) is 4.99 Å². The first-order valence-electron chi connectivity index (χ1n) is 6.06. The van der Waals surface area contributed by atoms with Crippen molar-refractivity contribution in [3.63, 3.8) is 0 Å². The molecule has 0 amide bonds. The molecule has 0 saturated heterocycles. The summed E-state index contributed by atoms with van der Waals surface area (Å²) in [6.45, 7) is 0. The molecule has 0 radical (unpaired) electrons. The van der Waals surface area contributed by atoms with E-state index in [-0.39, 0.29) is 4.84 Å². The van der Waals surface area contributed by atoms with Crippen LogP contribution in [0.5, 0.6) is 0 Å². The Balaban J connectivity index is 1.80. The molecule has 2 aromatic carbocycles. The largest absolute Gasteiger partial charge is 0.409 e. The van der Waals surface area contributed by atoms with Crippen LogP contribution in [0.15, 0.2) is 64.0 Å². The van der Waals surface area contributed by atoms with E-state index in [9.17, 15) is 0 Å². The molecule has 0 aliphatic carbocycles. The van der Waals surface area contributed by atoms with E-state index >= 15 is 0 Å². The Kier molecular flexibility index (Phi) is 3.52. The van der Waals surface area contributed by atoms with E-state index in [1.165, 1.54) is 0 Å². The minimum absolute atomic E-state index is 0.270. The molecular weight excluding hydrogens is 270 g/mol. The molecule has 0 fully saturated rings. The van der Waals surface area contributed by atoms with Gasteiger partial charge in [-0.15, -0.1) is 5.10 Å². The highest BCUT2D eigenvalue weighted by Gasteiger charge is 2.02. The standard InChI is InChI=1S/C15H11N3OS/c20-15-18-17-14(19-15)12-6-8-13(9-7-12)16-10-11-4-2-1-3-5-11/h1-10H,(H,18,20). The molecule has 0 bridgehead atoms. The molecule has 1 N–H and O–H groups in total. The van der Waals surface area contributed by atoms with Gasteiger partial charge in [-0.3, -0.25) is 4.99 Å². The molecule has 0 saturated carbocycles. The van der Waals surface area contributed by atoms with E-state index in [0.29, 0.717) is 5.89 Å². The number of benzene rings is 2. The Labute approximate surface area is 120 Å². The lowest BCUT2D eigenvalue weighted by Gasteiger charge is -1.96. The number of nitrogens with zero attached hydrogens (tertiary/aromatic N) is 2. The van der Waals surface area contributed by atoms with Gasteiger partial charge < -0.3 is 4.42 Å². The van der Waals surface area contributed by atoms with Crippen LogP contribution < -0.4 is 0 Å². The van der Waals surface area contributed by atoms with Crippen LogP contribution in [-0.4, -0.2) is 16.4 Å². The number of hydrogen-bond acceptors (Lipinski definition) is 4. The summed E-state index contributed by atoms with van der Waals surface area (Å²) >= 11 is 4.85. The average Bonchev–Trinajstić information content (AvgIpc) is 2.93. The Hall–Kier alpha value is -2.53. The van der Waals surface area contributed by atoms with Crippen LogP contribution in [0, 0.1) is 4.84 Å². The van der Waals surface area contributed by atoms with Gasteiger partial charge in [0.15, 0.2) is 0 Å². The van der Waals surface area contributed by atoms with Gasteiger partial charge in [-0.1, -0.05) is 30.3 Å². The smallest absolute Gasteiger partial charge is 0.284 e. The molecule has 0 aliphatic heterocycles. The fourth-order valence-electron chi connectivity index (χ4n) is 1.73. The lowest BCUT2D eigenvalue weighted by atomic mass is 10.2. The van der Waals surface area contributed by atoms with Crippen molar-refractivity contribution in [2.45, 2.75) is 0 Å². The van der Waals surface area contributed by atoms with Gasteiger partial charge >= 0.3 is 0 Å². The normalized spacial score (nSPS) is 11.0. The molecule has 0 unspecified atom stereocenters. The summed E-state index contributed by atoms with van der Waals surface area (Å²) in [5.74, 6) is 0.480. The molecule has 0 atom stereocenters. The number of aromatic nitrogens is 2. The second kappa shape index (κ2) is 5.63. The average molecular weight is 281 g/mol. The summed E-state index contributed by atoms with van der Waals surface area (Å²) in [7, 11) is 0. The number of nitrogens with one attached hydrogen (secondary N) is 1. The maximum Gasteiger partial charge on any atom is 0.284 e. The SMILES string of the molecule is S=c1[nH]nc(-c2ccc(N=Cc3ccccc3)cc2)o1. The lowest BCUT2D eigenvalue weighted by molar-refractivity contribution is 0.552. The van der Waals surface area contributed by atoms with Crippen molar-refractivity contribution in [3.05, 3.63) is 65.0 Å². The Morgan fingerprint density at radius 1 is 1.05 bits per heavy atom. The van der Waals surface area contributed by atoms with Gasteiger partial charge in [0, 0.05) is 11.8 Å². The molecule has 98 valence electrons. The van der Waals surface area contributed by atoms with Crippen molar-refractivity contribution in [1.82, 2.24) is 10.2 Å². The van der Waals surface area contributed by atoms with Crippen molar-refractivity contribution < 1.29 is 4.42 Å². The molecule has 20 heavy (non-hydrogen) atoms. The van der Waals surface area contributed by atoms with E-state index in [0.717, 1.165) is 16.8 Å². The first-order chi connectivity index (χ1) is 9.81. The van der Waals surface area contributed by atoms with Crippen LogP contribution in [-0.2, 0) is 0 Å². The first kappa shape index (κ1) is 12.5. The molecule has 3 rings (SSSR count). The van der Waals surface area contributed by atoms with E-state index in [2.05, 4.69) is 15.2 Å². The molecule has 1 aromatic heterocycles. The predicted molar refractivity (Wildman–Crippen MR) is 80.8 cm³/mol. The summed E-state index contributed by atoms with van der Waals surface area (Å²) in [5, 5.41) is 6.57. The van der Waals surface area contributed by atoms with Gasteiger partial charge in [-0.25, -0.2) is 5.10 Å². The van der Waals surface area contributed by atoms with E-state index < -0.39 is 0 Å². The minimum atomic E-state index is 0.270. The second-order valence-corrected chi connectivity index (χ2v) is 4.50. The zero-order valence-corrected chi connectivity index (χ0v) is 11.3. The van der Waals surface area contributed by atoms with Gasteiger partial charge in [-0.05, 0) is 42.0 Å². The van der Waals surface area contributed by atoms with Crippen LogP contribution >= 0.6 is 12.2 Å². The zero-order valence-electron chi connectivity index (χ0n) is 10.5. The van der Waals surface area contributed by atoms with Crippen molar-refractivity contribution in [1.29, 1.82) is 0 Å². The molecule has 5 heteroatoms. The summed E-state index contributed by atoms with van der Waals surface area (Å²) in [5.41, 5.74) is 2.79. The van der Waals surface area contributed by atoms with Gasteiger partial charge in [-0.2, -0.15) is 0 Å². The van der Waals surface area contributed by atoms with Crippen LogP contribution in [0.3, 0.4) is 0 Å². The Bertz CT molecular complexity index is 773. The monoisotopic (exact) mass is 281 g/mol. The number of aromatic amines is 1. The van der Waals surface area contributed by atoms with E-state index in [1.54, 1.807) is 0 Å². The van der Waals surface area contributed by atoms with Crippen molar-refractivity contribution >= 4 is 24.1 Å². The zero-order chi connectivity index (χ0) is 13.8. The highest BCUT2D eigenvalue weighted by Crippen LogP contribution is 2.20. The molecule has 3 aromatic rings. The number of rotatable bonds is 3. The van der Waals surface area contributed by atoms with Crippen LogP contribution in [0.2, 0.25) is 0 Å². The first-order valence-corrected chi connectivity index (χ1v) is 6.47. The number of aliphatic imine (C=N–C) groups is 1.